The van der Waals surface area contributed by atoms with Gasteiger partial charge in [0.15, 0.2) is 0 Å². The molecule has 248 valence electrons. The first-order chi connectivity index (χ1) is 24.7. The number of benzene rings is 7. The molecule has 0 unspecified atom stereocenters. The van der Waals surface area contributed by atoms with E-state index in [4.69, 9.17) is 0 Å². The molecule has 51 heavy (non-hydrogen) atoms. The largest absolute Gasteiger partial charge is 0.306 e. The molecule has 2 nitrogen and oxygen atoms in total. The first kappa shape index (κ1) is 31.1. The van der Waals surface area contributed by atoms with Gasteiger partial charge in [-0.3, -0.25) is 0 Å². The van der Waals surface area contributed by atoms with Gasteiger partial charge in [0.25, 0.3) is 0 Å². The smallest absolute Gasteiger partial charge is 0.0703 e. The van der Waals surface area contributed by atoms with Gasteiger partial charge >= 0.3 is 0 Å². The molecule has 0 aromatic heterocycles. The number of para-hydroxylation sites is 4. The van der Waals surface area contributed by atoms with E-state index in [1.807, 2.05) is 0 Å². The molecular weight excluding hydrogens is 617 g/mol. The zero-order chi connectivity index (χ0) is 34.9. The summed E-state index contributed by atoms with van der Waals surface area (Å²) >= 11 is 0. The molecule has 0 fully saturated rings. The van der Waals surface area contributed by atoms with Crippen LogP contribution in [0.25, 0.3) is 33.4 Å². The van der Waals surface area contributed by atoms with E-state index < -0.39 is 0 Å². The van der Waals surface area contributed by atoms with E-state index in [0.717, 1.165) is 5.69 Å². The van der Waals surface area contributed by atoms with Crippen LogP contribution in [-0.4, -0.2) is 0 Å². The lowest BCUT2D eigenvalue weighted by Gasteiger charge is -2.40. The van der Waals surface area contributed by atoms with Gasteiger partial charge in [0.1, 0.15) is 0 Å². The Morgan fingerprint density at radius 2 is 0.843 bits per heavy atom. The van der Waals surface area contributed by atoms with Crippen LogP contribution in [0.4, 0.5) is 34.1 Å². The minimum Gasteiger partial charge on any atom is -0.306 e. The van der Waals surface area contributed by atoms with Crippen molar-refractivity contribution < 1.29 is 0 Å². The molecule has 0 atom stereocenters. The van der Waals surface area contributed by atoms with Gasteiger partial charge in [-0.05, 0) is 110 Å². The molecule has 0 saturated heterocycles. The highest BCUT2D eigenvalue weighted by atomic mass is 15.3. The van der Waals surface area contributed by atoms with Crippen molar-refractivity contribution in [3.05, 3.63) is 180 Å². The van der Waals surface area contributed by atoms with Crippen molar-refractivity contribution >= 4 is 34.1 Å². The van der Waals surface area contributed by atoms with E-state index >= 15 is 0 Å². The molecule has 0 N–H and O–H groups in total. The van der Waals surface area contributed by atoms with Crippen molar-refractivity contribution in [2.75, 3.05) is 9.80 Å². The minimum atomic E-state index is -0.173. The van der Waals surface area contributed by atoms with E-state index in [1.54, 1.807) is 0 Å². The van der Waals surface area contributed by atoms with Crippen molar-refractivity contribution in [2.24, 2.45) is 0 Å². The quantitative estimate of drug-likeness (QED) is 0.186. The summed E-state index contributed by atoms with van der Waals surface area (Å²) in [5.74, 6) is 0. The Hall–Kier alpha value is -5.86. The molecule has 0 bridgehead atoms. The van der Waals surface area contributed by atoms with Crippen LogP contribution in [0.5, 0.6) is 0 Å². The summed E-state index contributed by atoms with van der Waals surface area (Å²) in [7, 11) is 0. The van der Waals surface area contributed by atoms with Crippen molar-refractivity contribution in [2.45, 2.75) is 45.4 Å². The zero-order valence-electron chi connectivity index (χ0n) is 30.0. The Labute approximate surface area is 302 Å². The first-order valence-corrected chi connectivity index (χ1v) is 18.0. The molecule has 0 spiro atoms. The van der Waals surface area contributed by atoms with Gasteiger partial charge in [0.2, 0.25) is 0 Å². The Bertz CT molecular complexity index is 2380. The second-order valence-electron chi connectivity index (χ2n) is 15.5. The number of anilines is 6. The Morgan fingerprint density at radius 3 is 1.41 bits per heavy atom. The second kappa shape index (κ2) is 11.6. The van der Waals surface area contributed by atoms with Gasteiger partial charge in [-0.25, -0.2) is 0 Å². The van der Waals surface area contributed by atoms with Gasteiger partial charge in [-0.2, -0.15) is 0 Å². The van der Waals surface area contributed by atoms with Crippen LogP contribution in [0.15, 0.2) is 164 Å². The predicted molar refractivity (Wildman–Crippen MR) is 217 cm³/mol. The van der Waals surface area contributed by atoms with Crippen LogP contribution in [0.3, 0.4) is 0 Å². The summed E-state index contributed by atoms with van der Waals surface area (Å²) in [5, 5.41) is 0. The molecular formula is C49H42N2. The van der Waals surface area contributed by atoms with E-state index in [0.29, 0.717) is 0 Å². The van der Waals surface area contributed by atoms with Gasteiger partial charge in [0, 0.05) is 16.8 Å². The first-order valence-electron chi connectivity index (χ1n) is 18.0. The summed E-state index contributed by atoms with van der Waals surface area (Å²) in [6.07, 6.45) is 0. The van der Waals surface area contributed by atoms with Crippen LogP contribution >= 0.6 is 0 Å². The SMILES string of the molecule is CC(C)(C)c1ccc(N2c3ccccc3N(c3ccc4c(c3)C(C)(C)c3cc(-c5ccccc5-c5ccccc5)ccc3-4)c3ccccc32)cc1. The average molecular weight is 659 g/mol. The maximum Gasteiger partial charge on any atom is 0.0703 e. The molecule has 1 heterocycles. The third kappa shape index (κ3) is 5.01. The second-order valence-corrected chi connectivity index (χ2v) is 15.5. The fourth-order valence-corrected chi connectivity index (χ4v) is 8.25. The third-order valence-electron chi connectivity index (χ3n) is 11.0. The molecule has 7 aromatic carbocycles. The normalized spacial score (nSPS) is 14.1. The molecule has 1 aliphatic heterocycles. The maximum absolute atomic E-state index is 2.45. The fourth-order valence-electron chi connectivity index (χ4n) is 8.25. The van der Waals surface area contributed by atoms with Crippen molar-refractivity contribution in [3.8, 4) is 33.4 Å². The number of hydrogen-bond acceptors (Lipinski definition) is 2. The molecule has 0 saturated carbocycles. The predicted octanol–water partition coefficient (Wildman–Crippen LogP) is 13.9. The third-order valence-corrected chi connectivity index (χ3v) is 11.0. The molecule has 0 amide bonds. The molecule has 7 aromatic rings. The monoisotopic (exact) mass is 658 g/mol. The number of rotatable bonds is 4. The maximum atomic E-state index is 2.45. The van der Waals surface area contributed by atoms with E-state index in [2.05, 4.69) is 208 Å². The number of hydrogen-bond donors (Lipinski definition) is 0. The summed E-state index contributed by atoms with van der Waals surface area (Å²) in [6.45, 7) is 11.6. The summed E-state index contributed by atoms with van der Waals surface area (Å²) in [4.78, 5) is 4.86. The topological polar surface area (TPSA) is 6.48 Å². The van der Waals surface area contributed by atoms with Gasteiger partial charge < -0.3 is 9.80 Å². The van der Waals surface area contributed by atoms with Crippen LogP contribution in [0, 0.1) is 0 Å². The summed E-state index contributed by atoms with van der Waals surface area (Å²) in [5.41, 5.74) is 18.7. The van der Waals surface area contributed by atoms with Crippen LogP contribution in [-0.2, 0) is 10.8 Å². The number of nitrogens with zero attached hydrogens (tertiary/aromatic N) is 2. The van der Waals surface area contributed by atoms with E-state index in [1.165, 1.54) is 78.5 Å². The Balaban J connectivity index is 1.14. The van der Waals surface area contributed by atoms with Gasteiger partial charge in [-0.1, -0.05) is 144 Å². The van der Waals surface area contributed by atoms with E-state index in [-0.39, 0.29) is 10.8 Å². The minimum absolute atomic E-state index is 0.0995. The summed E-state index contributed by atoms with van der Waals surface area (Å²) < 4.78 is 0. The van der Waals surface area contributed by atoms with Crippen molar-refractivity contribution in [3.63, 3.8) is 0 Å². The number of fused-ring (bicyclic) bond motifs is 5. The summed E-state index contributed by atoms with van der Waals surface area (Å²) in [6, 6.07) is 60.4. The highest BCUT2D eigenvalue weighted by Crippen LogP contribution is 2.56. The average Bonchev–Trinajstić information content (AvgIpc) is 3.38. The fraction of sp³-hybridized carbons (Fsp3) is 0.143. The highest BCUT2D eigenvalue weighted by molar-refractivity contribution is 6.02. The highest BCUT2D eigenvalue weighted by Gasteiger charge is 2.37. The lowest BCUT2D eigenvalue weighted by atomic mass is 9.81. The van der Waals surface area contributed by atoms with Crippen molar-refractivity contribution in [1.29, 1.82) is 0 Å². The molecule has 1 aliphatic carbocycles. The molecule has 2 aliphatic rings. The van der Waals surface area contributed by atoms with Crippen molar-refractivity contribution in [1.82, 2.24) is 0 Å². The molecule has 0 radical (unpaired) electrons. The van der Waals surface area contributed by atoms with Crippen LogP contribution < -0.4 is 9.80 Å². The van der Waals surface area contributed by atoms with Crippen LogP contribution in [0.1, 0.15) is 51.3 Å². The molecule has 2 heteroatoms. The van der Waals surface area contributed by atoms with Crippen LogP contribution in [0.2, 0.25) is 0 Å². The Morgan fingerprint density at radius 1 is 0.392 bits per heavy atom. The molecule has 9 rings (SSSR count). The Kier molecular flexibility index (Phi) is 7.09. The van der Waals surface area contributed by atoms with Gasteiger partial charge in [0.05, 0.1) is 22.7 Å². The standard InChI is InChI=1S/C49H42N2/c1-48(2,3)35-24-26-36(27-25-35)50-44-19-11-13-21-46(44)51(47-22-14-12-20-45(47)50)37-28-30-41-40-29-23-34(31-42(40)49(4,5)43(41)32-37)39-18-10-9-17-38(39)33-15-7-6-8-16-33/h6-32H,1-5H3. The lowest BCUT2D eigenvalue weighted by molar-refractivity contribution is 0.590. The lowest BCUT2D eigenvalue weighted by Crippen LogP contribution is -2.24. The van der Waals surface area contributed by atoms with E-state index in [9.17, 15) is 0 Å². The van der Waals surface area contributed by atoms with Gasteiger partial charge in [-0.15, -0.1) is 0 Å². The zero-order valence-corrected chi connectivity index (χ0v) is 30.0.